The van der Waals surface area contributed by atoms with Gasteiger partial charge in [-0.25, -0.2) is 0 Å². The van der Waals surface area contributed by atoms with Crippen molar-refractivity contribution >= 4 is 47.8 Å². The number of ether oxygens (including phenoxy) is 1. The van der Waals surface area contributed by atoms with E-state index in [1.165, 1.54) is 12.8 Å². The molecular formula is C12H15Br3O. The number of alkyl halides is 3. The summed E-state index contributed by atoms with van der Waals surface area (Å²) < 4.78 is 5.29. The van der Waals surface area contributed by atoms with Gasteiger partial charge in [0.15, 0.2) is 2.14 Å². The van der Waals surface area contributed by atoms with Crippen LogP contribution in [0.4, 0.5) is 0 Å². The van der Waals surface area contributed by atoms with Crippen LogP contribution in [0.15, 0.2) is 24.3 Å². The van der Waals surface area contributed by atoms with Gasteiger partial charge in [0.1, 0.15) is 5.75 Å². The van der Waals surface area contributed by atoms with Crippen molar-refractivity contribution in [3.63, 3.8) is 0 Å². The zero-order valence-electron chi connectivity index (χ0n) is 9.18. The summed E-state index contributed by atoms with van der Waals surface area (Å²) in [5, 5.41) is 0. The Bertz CT molecular complexity index is 303. The van der Waals surface area contributed by atoms with Gasteiger partial charge < -0.3 is 4.74 Å². The largest absolute Gasteiger partial charge is 0.494 e. The van der Waals surface area contributed by atoms with Crippen LogP contribution < -0.4 is 4.74 Å². The quantitative estimate of drug-likeness (QED) is 0.453. The molecule has 0 aliphatic rings. The Kier molecular flexibility index (Phi) is 6.37. The smallest absolute Gasteiger partial charge is 0.159 e. The highest BCUT2D eigenvalue weighted by Gasteiger charge is 2.20. The zero-order chi connectivity index (χ0) is 12.0. The summed E-state index contributed by atoms with van der Waals surface area (Å²) in [6, 6.07) is 8.01. The molecule has 0 atom stereocenters. The summed E-state index contributed by atoms with van der Waals surface area (Å²) in [5.74, 6) is 0.927. The summed E-state index contributed by atoms with van der Waals surface area (Å²) in [6.07, 6.45) is 3.57. The average molecular weight is 415 g/mol. The number of hydrogen-bond acceptors (Lipinski definition) is 1. The highest BCUT2D eigenvalue weighted by molar-refractivity contribution is 9.38. The van der Waals surface area contributed by atoms with Crippen molar-refractivity contribution in [3.05, 3.63) is 29.8 Å². The second-order valence-electron chi connectivity index (χ2n) is 3.58. The van der Waals surface area contributed by atoms with Crippen LogP contribution in [0.2, 0.25) is 0 Å². The summed E-state index contributed by atoms with van der Waals surface area (Å²) in [5.41, 5.74) is 1.11. The molecule has 0 aliphatic carbocycles. The monoisotopic (exact) mass is 412 g/mol. The van der Waals surface area contributed by atoms with Crippen LogP contribution >= 0.6 is 47.8 Å². The first-order valence-electron chi connectivity index (χ1n) is 5.34. The fraction of sp³-hybridized carbons (Fsp3) is 0.500. The molecule has 0 bridgehead atoms. The van der Waals surface area contributed by atoms with Crippen molar-refractivity contribution in [3.8, 4) is 5.75 Å². The molecule has 0 aromatic heterocycles. The van der Waals surface area contributed by atoms with Crippen LogP contribution in [0.25, 0.3) is 0 Å². The number of rotatable bonds is 5. The minimum atomic E-state index is -0.340. The van der Waals surface area contributed by atoms with E-state index in [-0.39, 0.29) is 2.14 Å². The van der Waals surface area contributed by atoms with Crippen LogP contribution in [-0.4, -0.2) is 6.61 Å². The van der Waals surface area contributed by atoms with Gasteiger partial charge in [-0.3, -0.25) is 0 Å². The molecule has 0 heterocycles. The number of benzene rings is 1. The van der Waals surface area contributed by atoms with Crippen molar-refractivity contribution < 1.29 is 4.74 Å². The molecule has 0 N–H and O–H groups in total. The van der Waals surface area contributed by atoms with Crippen molar-refractivity contribution in [1.82, 2.24) is 0 Å². The first-order valence-corrected chi connectivity index (χ1v) is 7.72. The van der Waals surface area contributed by atoms with E-state index < -0.39 is 0 Å². The molecule has 0 fully saturated rings. The fourth-order valence-electron chi connectivity index (χ4n) is 1.28. The molecular weight excluding hydrogens is 400 g/mol. The molecule has 1 aromatic rings. The molecule has 1 aromatic carbocycles. The highest BCUT2D eigenvalue weighted by Crippen LogP contribution is 2.44. The summed E-state index contributed by atoms with van der Waals surface area (Å²) in [6.45, 7) is 2.99. The number of unbranched alkanes of at least 4 members (excludes halogenated alkanes) is 2. The molecule has 0 saturated carbocycles. The van der Waals surface area contributed by atoms with Gasteiger partial charge in [0.25, 0.3) is 0 Å². The average Bonchev–Trinajstić information content (AvgIpc) is 2.24. The van der Waals surface area contributed by atoms with Gasteiger partial charge in [-0.2, -0.15) is 0 Å². The third kappa shape index (κ3) is 5.19. The standard InChI is InChI=1S/C12H15Br3O/c1-2-3-4-9-16-11-7-5-10(6-8-11)12(13,14)15/h5-8H,2-4,9H2,1H3. The molecule has 0 amide bonds. The molecule has 90 valence electrons. The van der Waals surface area contributed by atoms with Crippen LogP contribution in [0, 0.1) is 0 Å². The van der Waals surface area contributed by atoms with E-state index in [4.69, 9.17) is 4.74 Å². The van der Waals surface area contributed by atoms with E-state index in [1.807, 2.05) is 24.3 Å². The van der Waals surface area contributed by atoms with Gasteiger partial charge in [-0.05, 0) is 24.1 Å². The lowest BCUT2D eigenvalue weighted by Crippen LogP contribution is -1.99. The Morgan fingerprint density at radius 3 is 2.19 bits per heavy atom. The Labute approximate surface area is 122 Å². The Hall–Kier alpha value is 0.460. The molecule has 16 heavy (non-hydrogen) atoms. The van der Waals surface area contributed by atoms with Gasteiger partial charge in [-0.15, -0.1) is 0 Å². The van der Waals surface area contributed by atoms with Crippen molar-refractivity contribution in [2.45, 2.75) is 28.3 Å². The predicted octanol–water partition coefficient (Wildman–Crippen LogP) is 5.55. The van der Waals surface area contributed by atoms with Gasteiger partial charge in [0.2, 0.25) is 0 Å². The van der Waals surface area contributed by atoms with Gasteiger partial charge in [0.05, 0.1) is 6.61 Å². The Morgan fingerprint density at radius 1 is 1.06 bits per heavy atom. The molecule has 1 rings (SSSR count). The Morgan fingerprint density at radius 2 is 1.69 bits per heavy atom. The third-order valence-corrected chi connectivity index (χ3v) is 3.57. The van der Waals surface area contributed by atoms with E-state index in [0.717, 1.165) is 24.3 Å². The van der Waals surface area contributed by atoms with E-state index in [1.54, 1.807) is 0 Å². The summed E-state index contributed by atoms with van der Waals surface area (Å²) in [7, 11) is 0. The summed E-state index contributed by atoms with van der Waals surface area (Å²) >= 11 is 10.4. The summed E-state index contributed by atoms with van der Waals surface area (Å²) in [4.78, 5) is 0. The molecule has 0 aliphatic heterocycles. The van der Waals surface area contributed by atoms with Crippen LogP contribution in [0.5, 0.6) is 5.75 Å². The molecule has 0 spiro atoms. The maximum absolute atomic E-state index is 5.63. The SMILES string of the molecule is CCCCCOc1ccc(C(Br)(Br)Br)cc1. The van der Waals surface area contributed by atoms with Crippen molar-refractivity contribution in [1.29, 1.82) is 0 Å². The fourth-order valence-corrected chi connectivity index (χ4v) is 2.08. The molecule has 0 radical (unpaired) electrons. The maximum atomic E-state index is 5.63. The first kappa shape index (κ1) is 14.5. The van der Waals surface area contributed by atoms with Crippen LogP contribution in [0.1, 0.15) is 31.7 Å². The van der Waals surface area contributed by atoms with Gasteiger partial charge in [-0.1, -0.05) is 79.7 Å². The van der Waals surface area contributed by atoms with E-state index >= 15 is 0 Å². The van der Waals surface area contributed by atoms with E-state index in [2.05, 4.69) is 54.7 Å². The maximum Gasteiger partial charge on any atom is 0.159 e. The van der Waals surface area contributed by atoms with Gasteiger partial charge >= 0.3 is 0 Å². The predicted molar refractivity (Wildman–Crippen MR) is 79.9 cm³/mol. The minimum Gasteiger partial charge on any atom is -0.494 e. The van der Waals surface area contributed by atoms with Crippen LogP contribution in [0.3, 0.4) is 0 Å². The zero-order valence-corrected chi connectivity index (χ0v) is 13.9. The second-order valence-corrected chi connectivity index (χ2v) is 10.3. The van der Waals surface area contributed by atoms with Crippen molar-refractivity contribution in [2.24, 2.45) is 0 Å². The first-order chi connectivity index (χ1) is 7.54. The minimum absolute atomic E-state index is 0.340. The number of hydrogen-bond donors (Lipinski definition) is 0. The topological polar surface area (TPSA) is 9.23 Å². The molecule has 0 saturated heterocycles. The second kappa shape index (κ2) is 7.02. The lowest BCUT2D eigenvalue weighted by molar-refractivity contribution is 0.306. The normalized spacial score (nSPS) is 11.5. The van der Waals surface area contributed by atoms with Crippen LogP contribution in [-0.2, 0) is 2.14 Å². The molecule has 4 heteroatoms. The van der Waals surface area contributed by atoms with E-state index in [9.17, 15) is 0 Å². The molecule has 0 unspecified atom stereocenters. The highest BCUT2D eigenvalue weighted by atomic mass is 80.0. The number of halogens is 3. The lowest BCUT2D eigenvalue weighted by atomic mass is 10.2. The Balaban J connectivity index is 2.46. The lowest BCUT2D eigenvalue weighted by Gasteiger charge is -2.13. The third-order valence-electron chi connectivity index (χ3n) is 2.20. The molecule has 1 nitrogen and oxygen atoms in total. The van der Waals surface area contributed by atoms with E-state index in [0.29, 0.717) is 0 Å². The van der Waals surface area contributed by atoms with Gasteiger partial charge in [0, 0.05) is 0 Å². The van der Waals surface area contributed by atoms with Crippen molar-refractivity contribution in [2.75, 3.05) is 6.61 Å².